The molecule has 0 spiro atoms. The fraction of sp³-hybridized carbons (Fsp3) is 0.667. The van der Waals surface area contributed by atoms with Crippen LogP contribution in [0.1, 0.15) is 42.0 Å². The van der Waals surface area contributed by atoms with E-state index in [1.54, 1.807) is 0 Å². The Balaban J connectivity index is 0.00000364. The van der Waals surface area contributed by atoms with Crippen LogP contribution >= 0.6 is 24.0 Å². The summed E-state index contributed by atoms with van der Waals surface area (Å²) in [5.41, 5.74) is 5.52. The summed E-state index contributed by atoms with van der Waals surface area (Å²) < 4.78 is 11.1. The lowest BCUT2D eigenvalue weighted by molar-refractivity contribution is 0.0424. The first-order valence-electron chi connectivity index (χ1n) is 9.88. The van der Waals surface area contributed by atoms with Crippen molar-refractivity contribution in [3.63, 3.8) is 0 Å². The molecule has 0 radical (unpaired) electrons. The van der Waals surface area contributed by atoms with E-state index in [4.69, 9.17) is 9.47 Å². The quantitative estimate of drug-likeness (QED) is 0.241. The molecule has 1 atom stereocenters. The standard InChI is InChI=1S/C21H35N3O2.HI/c1-5-22-21(23-9-6-11-26-19-8-12-25-15-19)24-10-7-20-17(3)13-16(2)14-18(20)4;/h13-14,19H,5-12,15H2,1-4H3,(H2,22,23,24);1H. The molecule has 1 fully saturated rings. The number of ether oxygens (including phenoxy) is 2. The number of aliphatic imine (C=N–C) groups is 1. The average Bonchev–Trinajstić information content (AvgIpc) is 3.10. The number of guanidine groups is 1. The molecular formula is C21H36IN3O2. The molecule has 0 bridgehead atoms. The molecule has 2 rings (SSSR count). The fourth-order valence-electron chi connectivity index (χ4n) is 3.40. The molecule has 0 saturated carbocycles. The minimum absolute atomic E-state index is 0. The second-order valence-corrected chi connectivity index (χ2v) is 7.02. The number of nitrogens with zero attached hydrogens (tertiary/aromatic N) is 1. The lowest BCUT2D eigenvalue weighted by Crippen LogP contribution is -2.38. The highest BCUT2D eigenvalue weighted by Crippen LogP contribution is 2.16. The Morgan fingerprint density at radius 2 is 1.96 bits per heavy atom. The number of aryl methyl sites for hydroxylation is 3. The number of hydrogen-bond donors (Lipinski definition) is 2. The van der Waals surface area contributed by atoms with Crippen LogP contribution in [0.5, 0.6) is 0 Å². The van der Waals surface area contributed by atoms with Crippen LogP contribution in [0.25, 0.3) is 0 Å². The maximum Gasteiger partial charge on any atom is 0.191 e. The minimum atomic E-state index is 0. The average molecular weight is 489 g/mol. The Morgan fingerprint density at radius 3 is 2.59 bits per heavy atom. The minimum Gasteiger partial charge on any atom is -0.379 e. The first kappa shape index (κ1) is 24.2. The van der Waals surface area contributed by atoms with Gasteiger partial charge in [0, 0.05) is 32.8 Å². The molecule has 1 aromatic rings. The van der Waals surface area contributed by atoms with E-state index in [-0.39, 0.29) is 30.1 Å². The molecule has 1 heterocycles. The molecule has 0 aromatic heterocycles. The van der Waals surface area contributed by atoms with E-state index in [2.05, 4.69) is 55.5 Å². The van der Waals surface area contributed by atoms with Crippen molar-refractivity contribution in [3.05, 3.63) is 34.4 Å². The summed E-state index contributed by atoms with van der Waals surface area (Å²) in [7, 11) is 0. The van der Waals surface area contributed by atoms with E-state index in [1.807, 2.05) is 0 Å². The molecule has 0 aliphatic carbocycles. The van der Waals surface area contributed by atoms with Gasteiger partial charge in [-0.15, -0.1) is 24.0 Å². The van der Waals surface area contributed by atoms with Crippen molar-refractivity contribution in [2.24, 2.45) is 4.99 Å². The van der Waals surface area contributed by atoms with Gasteiger partial charge in [0.2, 0.25) is 0 Å². The summed E-state index contributed by atoms with van der Waals surface area (Å²) in [6.07, 6.45) is 3.24. The highest BCUT2D eigenvalue weighted by molar-refractivity contribution is 14.0. The number of hydrogen-bond acceptors (Lipinski definition) is 3. The van der Waals surface area contributed by atoms with Crippen molar-refractivity contribution < 1.29 is 9.47 Å². The van der Waals surface area contributed by atoms with Crippen molar-refractivity contribution in [2.45, 2.75) is 53.1 Å². The van der Waals surface area contributed by atoms with Crippen LogP contribution in [0.15, 0.2) is 17.1 Å². The molecule has 1 aliphatic rings. The molecule has 1 aliphatic heterocycles. The van der Waals surface area contributed by atoms with Crippen molar-refractivity contribution in [3.8, 4) is 0 Å². The molecule has 27 heavy (non-hydrogen) atoms. The zero-order valence-electron chi connectivity index (χ0n) is 17.3. The highest BCUT2D eigenvalue weighted by Gasteiger charge is 2.15. The molecule has 2 N–H and O–H groups in total. The summed E-state index contributed by atoms with van der Waals surface area (Å²) in [5, 5.41) is 6.77. The summed E-state index contributed by atoms with van der Waals surface area (Å²) in [6, 6.07) is 4.52. The molecule has 6 heteroatoms. The summed E-state index contributed by atoms with van der Waals surface area (Å²) in [5.74, 6) is 0.888. The monoisotopic (exact) mass is 489 g/mol. The van der Waals surface area contributed by atoms with Gasteiger partial charge in [0.1, 0.15) is 0 Å². The predicted molar refractivity (Wildman–Crippen MR) is 124 cm³/mol. The molecule has 154 valence electrons. The third-order valence-corrected chi connectivity index (χ3v) is 4.67. The Bertz CT molecular complexity index is 564. The molecule has 1 unspecified atom stereocenters. The normalized spacial score (nSPS) is 16.9. The molecule has 0 amide bonds. The second-order valence-electron chi connectivity index (χ2n) is 7.02. The van der Waals surface area contributed by atoms with Crippen LogP contribution < -0.4 is 10.6 Å². The number of nitrogens with one attached hydrogen (secondary N) is 2. The van der Waals surface area contributed by atoms with E-state index in [0.29, 0.717) is 0 Å². The SMILES string of the molecule is CCNC(=NCCCOC1CCOC1)NCCc1c(C)cc(C)cc1C.I. The second kappa shape index (κ2) is 13.3. The smallest absolute Gasteiger partial charge is 0.191 e. The maximum absolute atomic E-state index is 5.78. The first-order chi connectivity index (χ1) is 12.6. The van der Waals surface area contributed by atoms with Crippen molar-refractivity contribution in [2.75, 3.05) is 39.5 Å². The lowest BCUT2D eigenvalue weighted by atomic mass is 9.97. The highest BCUT2D eigenvalue weighted by atomic mass is 127. The van der Waals surface area contributed by atoms with E-state index >= 15 is 0 Å². The number of halogens is 1. The molecule has 1 saturated heterocycles. The van der Waals surface area contributed by atoms with Crippen molar-refractivity contribution in [1.29, 1.82) is 0 Å². The fourth-order valence-corrected chi connectivity index (χ4v) is 3.40. The summed E-state index contributed by atoms with van der Waals surface area (Å²) in [4.78, 5) is 4.65. The van der Waals surface area contributed by atoms with Crippen LogP contribution in [0, 0.1) is 20.8 Å². The molecular weight excluding hydrogens is 453 g/mol. The van der Waals surface area contributed by atoms with Crippen molar-refractivity contribution >= 4 is 29.9 Å². The van der Waals surface area contributed by atoms with E-state index < -0.39 is 0 Å². The van der Waals surface area contributed by atoms with Gasteiger partial charge in [-0.05, 0) is 63.6 Å². The number of benzene rings is 1. The van der Waals surface area contributed by atoms with Crippen LogP contribution in [0.4, 0.5) is 0 Å². The Kier molecular flexibility index (Phi) is 11.9. The largest absolute Gasteiger partial charge is 0.379 e. The molecule has 5 nitrogen and oxygen atoms in total. The van der Waals surface area contributed by atoms with Crippen LogP contribution in [-0.2, 0) is 15.9 Å². The van der Waals surface area contributed by atoms with Gasteiger partial charge in [-0.1, -0.05) is 17.7 Å². The molecule has 1 aromatic carbocycles. The third kappa shape index (κ3) is 8.79. The Morgan fingerprint density at radius 1 is 1.22 bits per heavy atom. The van der Waals surface area contributed by atoms with Crippen LogP contribution in [0.3, 0.4) is 0 Å². The Hall–Kier alpha value is -0.860. The predicted octanol–water partition coefficient (Wildman–Crippen LogP) is 3.52. The Labute approximate surface area is 181 Å². The van der Waals surface area contributed by atoms with Gasteiger partial charge in [0.25, 0.3) is 0 Å². The topological polar surface area (TPSA) is 54.9 Å². The van der Waals surface area contributed by atoms with Gasteiger partial charge in [-0.2, -0.15) is 0 Å². The number of rotatable bonds is 9. The van der Waals surface area contributed by atoms with Gasteiger partial charge in [-0.3, -0.25) is 4.99 Å². The van der Waals surface area contributed by atoms with E-state index in [9.17, 15) is 0 Å². The lowest BCUT2D eigenvalue weighted by Gasteiger charge is -2.14. The van der Waals surface area contributed by atoms with Crippen molar-refractivity contribution in [1.82, 2.24) is 10.6 Å². The van der Waals surface area contributed by atoms with E-state index in [0.717, 1.165) is 64.7 Å². The summed E-state index contributed by atoms with van der Waals surface area (Å²) >= 11 is 0. The summed E-state index contributed by atoms with van der Waals surface area (Å²) in [6.45, 7) is 13.5. The van der Waals surface area contributed by atoms with Gasteiger partial charge < -0.3 is 20.1 Å². The van der Waals surface area contributed by atoms with Crippen LogP contribution in [-0.4, -0.2) is 51.5 Å². The van der Waals surface area contributed by atoms with Gasteiger partial charge in [-0.25, -0.2) is 0 Å². The van der Waals surface area contributed by atoms with Gasteiger partial charge in [0.15, 0.2) is 5.96 Å². The first-order valence-corrected chi connectivity index (χ1v) is 9.88. The van der Waals surface area contributed by atoms with E-state index in [1.165, 1.54) is 22.3 Å². The van der Waals surface area contributed by atoms with Gasteiger partial charge >= 0.3 is 0 Å². The zero-order chi connectivity index (χ0) is 18.8. The zero-order valence-corrected chi connectivity index (χ0v) is 19.6. The third-order valence-electron chi connectivity index (χ3n) is 4.67. The van der Waals surface area contributed by atoms with Gasteiger partial charge in [0.05, 0.1) is 12.7 Å². The van der Waals surface area contributed by atoms with Crippen LogP contribution in [0.2, 0.25) is 0 Å². The maximum atomic E-state index is 5.78.